The molecular formula is C11H21N. The van der Waals surface area contributed by atoms with Crippen molar-refractivity contribution in [2.24, 2.45) is 23.7 Å². The molecule has 2 rings (SSSR count). The zero-order valence-electron chi connectivity index (χ0n) is 8.34. The fourth-order valence-corrected chi connectivity index (χ4v) is 3.15. The van der Waals surface area contributed by atoms with Gasteiger partial charge < -0.3 is 5.32 Å². The van der Waals surface area contributed by atoms with E-state index in [1.165, 1.54) is 32.4 Å². The van der Waals surface area contributed by atoms with Crippen LogP contribution in [-0.2, 0) is 0 Å². The third kappa shape index (κ3) is 1.52. The lowest BCUT2D eigenvalue weighted by Crippen LogP contribution is -2.44. The van der Waals surface area contributed by atoms with Crippen molar-refractivity contribution in [3.8, 4) is 0 Å². The highest BCUT2D eigenvalue weighted by atomic mass is 14.9. The molecule has 0 aromatic rings. The Labute approximate surface area is 75.9 Å². The molecule has 0 spiro atoms. The molecule has 0 radical (unpaired) electrons. The third-order valence-electron chi connectivity index (χ3n) is 3.91. The normalized spacial score (nSPS) is 48.5. The van der Waals surface area contributed by atoms with Crippen LogP contribution in [0.2, 0.25) is 0 Å². The lowest BCUT2D eigenvalue weighted by Gasteiger charge is -2.42. The van der Waals surface area contributed by atoms with Crippen LogP contribution in [0.1, 0.15) is 33.1 Å². The number of piperidine rings is 1. The minimum absolute atomic E-state index is 0.927. The smallest absolute Gasteiger partial charge is 0.00175 e. The zero-order valence-corrected chi connectivity index (χ0v) is 8.34. The summed E-state index contributed by atoms with van der Waals surface area (Å²) in [5.41, 5.74) is 0. The summed E-state index contributed by atoms with van der Waals surface area (Å²) in [6.45, 7) is 7.38. The summed E-state index contributed by atoms with van der Waals surface area (Å²) in [6.07, 6.45) is 4.45. The lowest BCUT2D eigenvalue weighted by atomic mass is 9.68. The Bertz CT molecular complexity index is 155. The molecule has 2 aliphatic rings. The maximum absolute atomic E-state index is 3.55. The first-order valence-corrected chi connectivity index (χ1v) is 5.48. The van der Waals surface area contributed by atoms with E-state index >= 15 is 0 Å². The number of rotatable bonds is 0. The zero-order chi connectivity index (χ0) is 8.55. The van der Waals surface area contributed by atoms with Gasteiger partial charge in [-0.1, -0.05) is 20.3 Å². The molecule has 70 valence electrons. The van der Waals surface area contributed by atoms with Crippen molar-refractivity contribution in [2.75, 3.05) is 13.1 Å². The van der Waals surface area contributed by atoms with E-state index in [9.17, 15) is 0 Å². The van der Waals surface area contributed by atoms with Crippen molar-refractivity contribution in [1.82, 2.24) is 5.32 Å². The predicted octanol–water partition coefficient (Wildman–Crippen LogP) is 2.28. The van der Waals surface area contributed by atoms with Gasteiger partial charge in [0.15, 0.2) is 0 Å². The van der Waals surface area contributed by atoms with Gasteiger partial charge in [-0.2, -0.15) is 0 Å². The minimum atomic E-state index is 0.927. The molecule has 1 heterocycles. The second-order valence-corrected chi connectivity index (χ2v) is 4.98. The number of hydrogen-bond acceptors (Lipinski definition) is 1. The molecular weight excluding hydrogens is 146 g/mol. The Morgan fingerprint density at radius 2 is 1.92 bits per heavy atom. The van der Waals surface area contributed by atoms with Crippen LogP contribution in [0.15, 0.2) is 0 Å². The first-order chi connectivity index (χ1) is 5.77. The molecule has 0 aromatic carbocycles. The van der Waals surface area contributed by atoms with Crippen LogP contribution in [0, 0.1) is 23.7 Å². The SMILES string of the molecule is CC1CCC2C(C)CNCC2C1. The fourth-order valence-electron chi connectivity index (χ4n) is 3.15. The molecule has 0 amide bonds. The first kappa shape index (κ1) is 8.55. The highest BCUT2D eigenvalue weighted by Crippen LogP contribution is 2.39. The second-order valence-electron chi connectivity index (χ2n) is 4.98. The predicted molar refractivity (Wildman–Crippen MR) is 52.0 cm³/mol. The Morgan fingerprint density at radius 3 is 2.75 bits per heavy atom. The molecule has 1 saturated carbocycles. The Morgan fingerprint density at radius 1 is 1.08 bits per heavy atom. The highest BCUT2D eigenvalue weighted by Gasteiger charge is 2.34. The number of nitrogens with one attached hydrogen (secondary N) is 1. The number of fused-ring (bicyclic) bond motifs is 1. The molecule has 1 heteroatoms. The van der Waals surface area contributed by atoms with E-state index in [0.717, 1.165) is 23.7 Å². The summed E-state index contributed by atoms with van der Waals surface area (Å²) in [6, 6.07) is 0. The van der Waals surface area contributed by atoms with Crippen molar-refractivity contribution in [3.05, 3.63) is 0 Å². The van der Waals surface area contributed by atoms with Crippen LogP contribution in [0.25, 0.3) is 0 Å². The van der Waals surface area contributed by atoms with Gasteiger partial charge >= 0.3 is 0 Å². The molecule has 4 atom stereocenters. The fraction of sp³-hybridized carbons (Fsp3) is 1.00. The van der Waals surface area contributed by atoms with Crippen LogP contribution in [0.5, 0.6) is 0 Å². The van der Waals surface area contributed by atoms with E-state index in [2.05, 4.69) is 19.2 Å². The van der Waals surface area contributed by atoms with Gasteiger partial charge in [-0.3, -0.25) is 0 Å². The van der Waals surface area contributed by atoms with Crippen LogP contribution >= 0.6 is 0 Å². The maximum Gasteiger partial charge on any atom is -0.00175 e. The topological polar surface area (TPSA) is 12.0 Å². The van der Waals surface area contributed by atoms with Gasteiger partial charge in [0.05, 0.1) is 0 Å². The molecule has 2 fully saturated rings. The quantitative estimate of drug-likeness (QED) is 0.583. The van der Waals surface area contributed by atoms with Gasteiger partial charge in [-0.05, 0) is 49.6 Å². The van der Waals surface area contributed by atoms with Gasteiger partial charge in [0.25, 0.3) is 0 Å². The molecule has 1 aliphatic heterocycles. The average Bonchev–Trinajstić information content (AvgIpc) is 2.04. The Kier molecular flexibility index (Phi) is 2.40. The third-order valence-corrected chi connectivity index (χ3v) is 3.91. The van der Waals surface area contributed by atoms with Gasteiger partial charge in [-0.25, -0.2) is 0 Å². The van der Waals surface area contributed by atoms with E-state index in [1.807, 2.05) is 0 Å². The molecule has 12 heavy (non-hydrogen) atoms. The average molecular weight is 167 g/mol. The van der Waals surface area contributed by atoms with E-state index in [1.54, 1.807) is 0 Å². The van der Waals surface area contributed by atoms with Crippen molar-refractivity contribution < 1.29 is 0 Å². The second kappa shape index (κ2) is 3.37. The first-order valence-electron chi connectivity index (χ1n) is 5.48. The Hall–Kier alpha value is -0.0400. The van der Waals surface area contributed by atoms with Crippen molar-refractivity contribution in [3.63, 3.8) is 0 Å². The summed E-state index contributed by atoms with van der Waals surface area (Å²) >= 11 is 0. The van der Waals surface area contributed by atoms with Crippen LogP contribution < -0.4 is 5.32 Å². The van der Waals surface area contributed by atoms with E-state index in [0.29, 0.717) is 0 Å². The van der Waals surface area contributed by atoms with Crippen LogP contribution in [-0.4, -0.2) is 13.1 Å². The van der Waals surface area contributed by atoms with Crippen molar-refractivity contribution in [1.29, 1.82) is 0 Å². The lowest BCUT2D eigenvalue weighted by molar-refractivity contribution is 0.103. The molecule has 1 saturated heterocycles. The van der Waals surface area contributed by atoms with Gasteiger partial charge in [0, 0.05) is 0 Å². The summed E-state index contributed by atoms with van der Waals surface area (Å²) in [5, 5.41) is 3.55. The monoisotopic (exact) mass is 167 g/mol. The molecule has 1 nitrogen and oxygen atoms in total. The van der Waals surface area contributed by atoms with Crippen molar-refractivity contribution >= 4 is 0 Å². The maximum atomic E-state index is 3.55. The summed E-state index contributed by atoms with van der Waals surface area (Å²) in [4.78, 5) is 0. The molecule has 0 bridgehead atoms. The van der Waals surface area contributed by atoms with Gasteiger partial charge in [-0.15, -0.1) is 0 Å². The largest absolute Gasteiger partial charge is 0.316 e. The van der Waals surface area contributed by atoms with Crippen LogP contribution in [0.4, 0.5) is 0 Å². The van der Waals surface area contributed by atoms with E-state index in [4.69, 9.17) is 0 Å². The molecule has 1 aliphatic carbocycles. The highest BCUT2D eigenvalue weighted by molar-refractivity contribution is 4.87. The number of hydrogen-bond donors (Lipinski definition) is 1. The minimum Gasteiger partial charge on any atom is -0.316 e. The Balaban J connectivity index is 1.99. The van der Waals surface area contributed by atoms with Crippen LogP contribution in [0.3, 0.4) is 0 Å². The van der Waals surface area contributed by atoms with Crippen molar-refractivity contribution in [2.45, 2.75) is 33.1 Å². The molecule has 0 aromatic heterocycles. The van der Waals surface area contributed by atoms with Gasteiger partial charge in [0.2, 0.25) is 0 Å². The van der Waals surface area contributed by atoms with E-state index < -0.39 is 0 Å². The summed E-state index contributed by atoms with van der Waals surface area (Å²) in [7, 11) is 0. The summed E-state index contributed by atoms with van der Waals surface area (Å²) < 4.78 is 0. The summed E-state index contributed by atoms with van der Waals surface area (Å²) in [5.74, 6) is 3.95. The van der Waals surface area contributed by atoms with Gasteiger partial charge in [0.1, 0.15) is 0 Å². The van der Waals surface area contributed by atoms with E-state index in [-0.39, 0.29) is 0 Å². The molecule has 1 N–H and O–H groups in total. The molecule has 4 unspecified atom stereocenters. The standard InChI is InChI=1S/C11H21N/c1-8-3-4-11-9(2)6-12-7-10(11)5-8/h8-12H,3-7H2,1-2H3.